The molecule has 1 atom stereocenters. The highest BCUT2D eigenvalue weighted by Crippen LogP contribution is 2.44. The van der Waals surface area contributed by atoms with Gasteiger partial charge < -0.3 is 4.90 Å². The summed E-state index contributed by atoms with van der Waals surface area (Å²) in [5.74, 6) is 0.443. The molecule has 1 unspecified atom stereocenters. The third-order valence-electron chi connectivity index (χ3n) is 5.33. The van der Waals surface area contributed by atoms with E-state index in [0.717, 1.165) is 22.0 Å². The summed E-state index contributed by atoms with van der Waals surface area (Å²) in [5, 5.41) is 10.3. The normalized spacial score (nSPS) is 19.0. The van der Waals surface area contributed by atoms with Gasteiger partial charge in [0.2, 0.25) is 0 Å². The van der Waals surface area contributed by atoms with Crippen molar-refractivity contribution in [3.63, 3.8) is 0 Å². The van der Waals surface area contributed by atoms with Crippen molar-refractivity contribution < 1.29 is 0 Å². The van der Waals surface area contributed by atoms with Crippen molar-refractivity contribution in [2.75, 3.05) is 11.9 Å². The number of benzene rings is 2. The van der Waals surface area contributed by atoms with Crippen LogP contribution in [0.3, 0.4) is 0 Å². The van der Waals surface area contributed by atoms with Gasteiger partial charge in [0.1, 0.15) is 0 Å². The molecule has 0 spiro atoms. The van der Waals surface area contributed by atoms with Crippen molar-refractivity contribution in [3.05, 3.63) is 62.6 Å². The van der Waals surface area contributed by atoms with Crippen LogP contribution in [0.5, 0.6) is 0 Å². The predicted octanol–water partition coefficient (Wildman–Crippen LogP) is 6.89. The van der Waals surface area contributed by atoms with E-state index in [2.05, 4.69) is 60.8 Å². The summed E-state index contributed by atoms with van der Waals surface area (Å²) < 4.78 is 0.991. The van der Waals surface area contributed by atoms with E-state index in [1.54, 1.807) is 0 Å². The second kappa shape index (κ2) is 7.10. The summed E-state index contributed by atoms with van der Waals surface area (Å²) in [6, 6.07) is 14.2. The molecule has 26 heavy (non-hydrogen) atoms. The third kappa shape index (κ3) is 3.54. The number of anilines is 1. The second-order valence-corrected chi connectivity index (χ2v) is 8.91. The zero-order valence-corrected chi connectivity index (χ0v) is 17.8. The van der Waals surface area contributed by atoms with Crippen molar-refractivity contribution in [1.29, 1.82) is 5.26 Å². The molecule has 0 N–H and O–H groups in total. The molecule has 0 saturated carbocycles. The van der Waals surface area contributed by atoms with E-state index in [1.165, 1.54) is 11.3 Å². The molecule has 2 nitrogen and oxygen atoms in total. The maximum absolute atomic E-state index is 9.62. The lowest BCUT2D eigenvalue weighted by atomic mass is 9.80. The fourth-order valence-corrected chi connectivity index (χ4v) is 4.16. The van der Waals surface area contributed by atoms with Crippen molar-refractivity contribution in [2.24, 2.45) is 0 Å². The van der Waals surface area contributed by atoms with Crippen LogP contribution in [-0.4, -0.2) is 12.6 Å². The first kappa shape index (κ1) is 19.0. The summed E-state index contributed by atoms with van der Waals surface area (Å²) in [7, 11) is 2.12. The number of halogens is 2. The summed E-state index contributed by atoms with van der Waals surface area (Å²) in [5.41, 5.74) is 4.95. The van der Waals surface area contributed by atoms with Gasteiger partial charge in [-0.25, -0.2) is 0 Å². The molecule has 134 valence electrons. The summed E-state index contributed by atoms with van der Waals surface area (Å²) >= 11 is 10.0. The molecule has 0 bridgehead atoms. The highest BCUT2D eigenvalue weighted by molar-refractivity contribution is 9.10. The molecule has 0 fully saturated rings. The Kier molecular flexibility index (Phi) is 5.19. The van der Waals surface area contributed by atoms with Gasteiger partial charge in [0.05, 0.1) is 11.6 Å². The van der Waals surface area contributed by atoms with E-state index < -0.39 is 0 Å². The van der Waals surface area contributed by atoms with Gasteiger partial charge in [-0.3, -0.25) is 0 Å². The lowest BCUT2D eigenvalue weighted by molar-refractivity contribution is 0.395. The Hall–Kier alpha value is -1.76. The van der Waals surface area contributed by atoms with E-state index in [4.69, 9.17) is 11.6 Å². The van der Waals surface area contributed by atoms with Crippen LogP contribution in [0.15, 0.2) is 40.9 Å². The first-order valence-corrected chi connectivity index (χ1v) is 9.85. The standard InChI is InChI=1S/C22H22BrClN2/c1-14-12-22(2,3)26(4)21-11-20(24)16(10-19(14)21)9-17(13-25)15-5-7-18(23)8-6-15/h5-11,14H,12H2,1-4H3/b17-9-. The van der Waals surface area contributed by atoms with E-state index in [0.29, 0.717) is 16.5 Å². The zero-order chi connectivity index (χ0) is 19.1. The smallest absolute Gasteiger partial charge is 0.0998 e. The lowest BCUT2D eigenvalue weighted by Gasteiger charge is -2.45. The van der Waals surface area contributed by atoms with Gasteiger partial charge in [-0.15, -0.1) is 0 Å². The minimum absolute atomic E-state index is 0.0995. The predicted molar refractivity (Wildman–Crippen MR) is 115 cm³/mol. The summed E-state index contributed by atoms with van der Waals surface area (Å²) in [4.78, 5) is 2.31. The minimum Gasteiger partial charge on any atom is -0.369 e. The number of rotatable bonds is 2. The van der Waals surface area contributed by atoms with Gasteiger partial charge in [0, 0.05) is 27.8 Å². The third-order valence-corrected chi connectivity index (χ3v) is 6.18. The maximum Gasteiger partial charge on any atom is 0.0998 e. The molecule has 0 radical (unpaired) electrons. The Balaban J connectivity index is 2.08. The number of nitriles is 1. The molecular formula is C22H22BrClN2. The number of fused-ring (bicyclic) bond motifs is 1. The molecule has 3 rings (SSSR count). The molecule has 0 aromatic heterocycles. The largest absolute Gasteiger partial charge is 0.369 e. The molecular weight excluding hydrogens is 408 g/mol. The fourth-order valence-electron chi connectivity index (χ4n) is 3.68. The van der Waals surface area contributed by atoms with Crippen molar-refractivity contribution >= 4 is 44.9 Å². The average molecular weight is 430 g/mol. The molecule has 1 aliphatic rings. The van der Waals surface area contributed by atoms with E-state index in [-0.39, 0.29) is 5.54 Å². The van der Waals surface area contributed by atoms with E-state index >= 15 is 0 Å². The summed E-state index contributed by atoms with van der Waals surface area (Å²) in [6.45, 7) is 6.78. The van der Waals surface area contributed by atoms with Gasteiger partial charge in [-0.1, -0.05) is 46.6 Å². The molecule has 0 amide bonds. The Morgan fingerprint density at radius 2 is 1.96 bits per heavy atom. The van der Waals surface area contributed by atoms with Crippen molar-refractivity contribution in [1.82, 2.24) is 0 Å². The van der Waals surface area contributed by atoms with Gasteiger partial charge in [0.15, 0.2) is 0 Å². The van der Waals surface area contributed by atoms with Crippen molar-refractivity contribution in [3.8, 4) is 6.07 Å². The SMILES string of the molecule is CC1CC(C)(C)N(C)c2cc(Cl)c(/C=C(/C#N)c3ccc(Br)cc3)cc21. The Morgan fingerprint density at radius 1 is 1.31 bits per heavy atom. The van der Waals surface area contributed by atoms with Crippen LogP contribution in [0.25, 0.3) is 11.6 Å². The lowest BCUT2D eigenvalue weighted by Crippen LogP contribution is -2.45. The molecule has 0 saturated heterocycles. The first-order valence-electron chi connectivity index (χ1n) is 8.68. The van der Waals surface area contributed by atoms with Gasteiger partial charge >= 0.3 is 0 Å². The van der Waals surface area contributed by atoms with Crippen LogP contribution in [0.1, 0.15) is 49.8 Å². The molecule has 2 aromatic rings. The zero-order valence-electron chi connectivity index (χ0n) is 15.5. The highest BCUT2D eigenvalue weighted by atomic mass is 79.9. The maximum atomic E-state index is 9.62. The molecule has 1 aliphatic heterocycles. The Labute approximate surface area is 169 Å². The van der Waals surface area contributed by atoms with Crippen LogP contribution < -0.4 is 4.90 Å². The Morgan fingerprint density at radius 3 is 2.58 bits per heavy atom. The average Bonchev–Trinajstić information content (AvgIpc) is 2.59. The minimum atomic E-state index is 0.0995. The van der Waals surface area contributed by atoms with E-state index in [1.807, 2.05) is 36.4 Å². The Bertz CT molecular complexity index is 907. The van der Waals surface area contributed by atoms with Crippen LogP contribution >= 0.6 is 27.5 Å². The van der Waals surface area contributed by atoms with Gasteiger partial charge in [-0.2, -0.15) is 5.26 Å². The molecule has 2 aromatic carbocycles. The van der Waals surface area contributed by atoms with Crippen LogP contribution in [0.4, 0.5) is 5.69 Å². The second-order valence-electron chi connectivity index (χ2n) is 7.59. The number of hydrogen-bond acceptors (Lipinski definition) is 2. The van der Waals surface area contributed by atoms with Crippen molar-refractivity contribution in [2.45, 2.75) is 38.6 Å². The monoisotopic (exact) mass is 428 g/mol. The van der Waals surface area contributed by atoms with Gasteiger partial charge in [0.25, 0.3) is 0 Å². The molecule has 4 heteroatoms. The fraction of sp³-hybridized carbons (Fsp3) is 0.318. The van der Waals surface area contributed by atoms with Crippen LogP contribution in [0.2, 0.25) is 5.02 Å². The van der Waals surface area contributed by atoms with E-state index in [9.17, 15) is 5.26 Å². The topological polar surface area (TPSA) is 27.0 Å². The molecule has 0 aliphatic carbocycles. The van der Waals surface area contributed by atoms with Crippen LogP contribution in [-0.2, 0) is 0 Å². The highest BCUT2D eigenvalue weighted by Gasteiger charge is 2.34. The molecule has 1 heterocycles. The number of allylic oxidation sites excluding steroid dienone is 1. The van der Waals surface area contributed by atoms with Gasteiger partial charge in [-0.05, 0) is 73.2 Å². The first-order chi connectivity index (χ1) is 12.2. The number of nitrogens with zero attached hydrogens (tertiary/aromatic N) is 2. The number of hydrogen-bond donors (Lipinski definition) is 0. The summed E-state index contributed by atoms with van der Waals surface area (Å²) in [6.07, 6.45) is 2.97. The van der Waals surface area contributed by atoms with Crippen LogP contribution in [0, 0.1) is 11.3 Å². The quantitative estimate of drug-likeness (QED) is 0.384.